The van der Waals surface area contributed by atoms with E-state index < -0.39 is 5.97 Å². The fraction of sp³-hybridized carbons (Fsp3) is 0.250. The summed E-state index contributed by atoms with van der Waals surface area (Å²) in [4.78, 5) is 10.7. The van der Waals surface area contributed by atoms with E-state index in [9.17, 15) is 4.79 Å². The molecule has 1 N–H and O–H groups in total. The largest absolute Gasteiger partial charge is 0.497 e. The van der Waals surface area contributed by atoms with E-state index in [-0.39, 0.29) is 0 Å². The van der Waals surface area contributed by atoms with E-state index in [0.717, 1.165) is 11.1 Å². The summed E-state index contributed by atoms with van der Waals surface area (Å²) in [6.07, 6.45) is 1.83. The molecule has 0 aromatic heterocycles. The van der Waals surface area contributed by atoms with Gasteiger partial charge in [0.15, 0.2) is 0 Å². The number of hydrogen-bond donors (Lipinski definition) is 1. The van der Waals surface area contributed by atoms with E-state index in [4.69, 9.17) is 14.6 Å². The van der Waals surface area contributed by atoms with Crippen LogP contribution in [0.4, 0.5) is 0 Å². The lowest BCUT2D eigenvalue weighted by Gasteiger charge is -2.20. The SMILES string of the molecule is COc1ccc2c(c1)C(=CC(=O)O)CCO2. The zero-order valence-electron chi connectivity index (χ0n) is 8.90. The summed E-state index contributed by atoms with van der Waals surface area (Å²) in [6, 6.07) is 5.38. The summed E-state index contributed by atoms with van der Waals surface area (Å²) in [5, 5.41) is 8.77. The summed E-state index contributed by atoms with van der Waals surface area (Å²) in [5.74, 6) is 0.464. The Morgan fingerprint density at radius 1 is 1.56 bits per heavy atom. The Hall–Kier alpha value is -1.97. The lowest BCUT2D eigenvalue weighted by molar-refractivity contribution is -0.131. The van der Waals surface area contributed by atoms with Gasteiger partial charge in [-0.3, -0.25) is 0 Å². The Bertz CT molecular complexity index is 448. The minimum absolute atomic E-state index is 0.512. The van der Waals surface area contributed by atoms with E-state index >= 15 is 0 Å². The van der Waals surface area contributed by atoms with Crippen LogP contribution in [-0.4, -0.2) is 24.8 Å². The molecule has 1 heterocycles. The molecule has 4 heteroatoms. The van der Waals surface area contributed by atoms with Crippen LogP contribution in [0.5, 0.6) is 11.5 Å². The third kappa shape index (κ3) is 2.00. The highest BCUT2D eigenvalue weighted by molar-refractivity contribution is 5.91. The second kappa shape index (κ2) is 4.26. The minimum atomic E-state index is -0.939. The first kappa shape index (κ1) is 10.5. The van der Waals surface area contributed by atoms with Gasteiger partial charge < -0.3 is 14.6 Å². The number of hydrogen-bond acceptors (Lipinski definition) is 3. The van der Waals surface area contributed by atoms with Crippen molar-refractivity contribution < 1.29 is 19.4 Å². The predicted octanol–water partition coefficient (Wildman–Crippen LogP) is 1.95. The molecule has 0 fully saturated rings. The normalized spacial score (nSPS) is 16.4. The van der Waals surface area contributed by atoms with Crippen molar-refractivity contribution in [3.8, 4) is 11.5 Å². The van der Waals surface area contributed by atoms with Crippen LogP contribution in [0.15, 0.2) is 24.3 Å². The van der Waals surface area contributed by atoms with E-state index in [0.29, 0.717) is 24.5 Å². The first-order chi connectivity index (χ1) is 7.70. The average molecular weight is 220 g/mol. The van der Waals surface area contributed by atoms with Gasteiger partial charge in [-0.25, -0.2) is 4.79 Å². The van der Waals surface area contributed by atoms with Crippen molar-refractivity contribution in [3.05, 3.63) is 29.8 Å². The fourth-order valence-electron chi connectivity index (χ4n) is 1.72. The first-order valence-electron chi connectivity index (χ1n) is 4.95. The first-order valence-corrected chi connectivity index (χ1v) is 4.95. The number of ether oxygens (including phenoxy) is 2. The number of carboxylic acid groups (broad SMARTS) is 1. The third-order valence-corrected chi connectivity index (χ3v) is 2.46. The third-order valence-electron chi connectivity index (χ3n) is 2.46. The molecule has 0 amide bonds. The van der Waals surface area contributed by atoms with Crippen molar-refractivity contribution in [1.82, 2.24) is 0 Å². The zero-order valence-corrected chi connectivity index (χ0v) is 8.90. The summed E-state index contributed by atoms with van der Waals surface area (Å²) in [5.41, 5.74) is 1.57. The molecule has 0 saturated heterocycles. The maximum atomic E-state index is 10.7. The van der Waals surface area contributed by atoms with Gasteiger partial charge in [0.25, 0.3) is 0 Å². The highest BCUT2D eigenvalue weighted by Crippen LogP contribution is 2.35. The van der Waals surface area contributed by atoms with Crippen LogP contribution < -0.4 is 9.47 Å². The van der Waals surface area contributed by atoms with Crippen molar-refractivity contribution in [2.75, 3.05) is 13.7 Å². The molecule has 16 heavy (non-hydrogen) atoms. The molecule has 0 saturated carbocycles. The highest BCUT2D eigenvalue weighted by Gasteiger charge is 2.16. The second-order valence-corrected chi connectivity index (χ2v) is 3.47. The molecule has 0 spiro atoms. The van der Waals surface area contributed by atoms with E-state index in [1.54, 1.807) is 25.3 Å². The van der Waals surface area contributed by atoms with Crippen LogP contribution in [0.1, 0.15) is 12.0 Å². The number of fused-ring (bicyclic) bond motifs is 1. The van der Waals surface area contributed by atoms with E-state index in [1.807, 2.05) is 0 Å². The molecular weight excluding hydrogens is 208 g/mol. The topological polar surface area (TPSA) is 55.8 Å². The lowest BCUT2D eigenvalue weighted by atomic mass is 9.99. The number of methoxy groups -OCH3 is 1. The number of carboxylic acids is 1. The average Bonchev–Trinajstić information content (AvgIpc) is 2.28. The summed E-state index contributed by atoms with van der Waals surface area (Å²) >= 11 is 0. The van der Waals surface area contributed by atoms with Crippen LogP contribution in [-0.2, 0) is 4.79 Å². The Balaban J connectivity index is 2.47. The molecule has 0 radical (unpaired) electrons. The van der Waals surface area contributed by atoms with Gasteiger partial charge >= 0.3 is 5.97 Å². The second-order valence-electron chi connectivity index (χ2n) is 3.47. The van der Waals surface area contributed by atoms with Gasteiger partial charge in [-0.15, -0.1) is 0 Å². The van der Waals surface area contributed by atoms with Crippen LogP contribution in [0, 0.1) is 0 Å². The van der Waals surface area contributed by atoms with Gasteiger partial charge in [0.2, 0.25) is 0 Å². The molecule has 1 aliphatic heterocycles. The molecule has 1 aromatic carbocycles. The Morgan fingerprint density at radius 2 is 2.38 bits per heavy atom. The van der Waals surface area contributed by atoms with Gasteiger partial charge in [-0.2, -0.15) is 0 Å². The van der Waals surface area contributed by atoms with E-state index in [1.165, 1.54) is 6.08 Å². The molecule has 1 aromatic rings. The lowest BCUT2D eigenvalue weighted by Crippen LogP contribution is -2.09. The molecule has 0 aliphatic carbocycles. The highest BCUT2D eigenvalue weighted by atomic mass is 16.5. The van der Waals surface area contributed by atoms with Crippen molar-refractivity contribution >= 4 is 11.5 Å². The smallest absolute Gasteiger partial charge is 0.328 e. The van der Waals surface area contributed by atoms with Crippen molar-refractivity contribution in [2.45, 2.75) is 6.42 Å². The number of rotatable bonds is 2. The summed E-state index contributed by atoms with van der Waals surface area (Å²) in [7, 11) is 1.58. The molecule has 84 valence electrons. The minimum Gasteiger partial charge on any atom is -0.497 e. The van der Waals surface area contributed by atoms with E-state index in [2.05, 4.69) is 0 Å². The van der Waals surface area contributed by atoms with Crippen LogP contribution in [0.3, 0.4) is 0 Å². The van der Waals surface area contributed by atoms with Crippen LogP contribution in [0.25, 0.3) is 5.57 Å². The van der Waals surface area contributed by atoms with Gasteiger partial charge in [0.05, 0.1) is 13.7 Å². The number of aliphatic carboxylic acids is 1. The van der Waals surface area contributed by atoms with Gasteiger partial charge in [0.1, 0.15) is 11.5 Å². The van der Waals surface area contributed by atoms with Crippen molar-refractivity contribution in [2.24, 2.45) is 0 Å². The summed E-state index contributed by atoms with van der Waals surface area (Å²) < 4.78 is 10.5. The quantitative estimate of drug-likeness (QED) is 0.774. The zero-order chi connectivity index (χ0) is 11.5. The molecule has 0 bridgehead atoms. The maximum absolute atomic E-state index is 10.7. The number of benzene rings is 1. The molecule has 1 aliphatic rings. The Morgan fingerprint density at radius 3 is 3.06 bits per heavy atom. The fourth-order valence-corrected chi connectivity index (χ4v) is 1.72. The van der Waals surface area contributed by atoms with Crippen LogP contribution >= 0.6 is 0 Å². The molecule has 2 rings (SSSR count). The Labute approximate surface area is 93.1 Å². The van der Waals surface area contributed by atoms with Gasteiger partial charge in [-0.05, 0) is 23.8 Å². The molecule has 4 nitrogen and oxygen atoms in total. The number of carbonyl (C=O) groups is 1. The van der Waals surface area contributed by atoms with Gasteiger partial charge in [0, 0.05) is 18.1 Å². The summed E-state index contributed by atoms with van der Waals surface area (Å²) in [6.45, 7) is 0.512. The Kier molecular flexibility index (Phi) is 2.81. The molecule has 0 unspecified atom stereocenters. The van der Waals surface area contributed by atoms with Crippen LogP contribution in [0.2, 0.25) is 0 Å². The standard InChI is InChI=1S/C12H12O4/c1-15-9-2-3-11-10(7-9)8(4-5-16-11)6-12(13)14/h2-3,6-7H,4-5H2,1H3,(H,13,14). The predicted molar refractivity (Wildman–Crippen MR) is 58.7 cm³/mol. The monoisotopic (exact) mass is 220 g/mol. The molecule has 0 atom stereocenters. The van der Waals surface area contributed by atoms with Gasteiger partial charge in [-0.1, -0.05) is 0 Å². The molecular formula is C12H12O4. The van der Waals surface area contributed by atoms with Crippen molar-refractivity contribution in [3.63, 3.8) is 0 Å². The maximum Gasteiger partial charge on any atom is 0.328 e. The van der Waals surface area contributed by atoms with Crippen molar-refractivity contribution in [1.29, 1.82) is 0 Å².